The first kappa shape index (κ1) is 14.1. The zero-order valence-electron chi connectivity index (χ0n) is 11.4. The van der Waals surface area contributed by atoms with E-state index in [9.17, 15) is 5.11 Å². The predicted octanol–water partition coefficient (Wildman–Crippen LogP) is 0.385. The molecule has 0 bridgehead atoms. The third-order valence-corrected chi connectivity index (χ3v) is 3.28. The number of aliphatic hydroxyl groups excluding tert-OH is 1. The number of aliphatic hydroxyl groups is 1. The molecule has 1 aromatic rings. The molecule has 3 atom stereocenters. The van der Waals surface area contributed by atoms with E-state index in [0.717, 1.165) is 19.6 Å². The minimum Gasteiger partial charge on any atom is -0.493 e. The van der Waals surface area contributed by atoms with Crippen molar-refractivity contribution >= 4 is 0 Å². The fraction of sp³-hybridized carbons (Fsp3) is 0.571. The fourth-order valence-corrected chi connectivity index (χ4v) is 2.29. The fourth-order valence-electron chi connectivity index (χ4n) is 2.29. The van der Waals surface area contributed by atoms with Gasteiger partial charge in [0, 0.05) is 19.6 Å². The van der Waals surface area contributed by atoms with Crippen LogP contribution in [-0.2, 0) is 0 Å². The van der Waals surface area contributed by atoms with Crippen molar-refractivity contribution in [3.63, 3.8) is 0 Å². The molecule has 106 valence electrons. The molecule has 1 aromatic carbocycles. The second kappa shape index (κ2) is 6.75. The van der Waals surface area contributed by atoms with E-state index < -0.39 is 6.10 Å². The summed E-state index contributed by atoms with van der Waals surface area (Å²) in [6.07, 6.45) is -0.883. The standard InChI is InChI=1S/C14H22N2O3/c1-10(17)14(11-9-15-7-8-16-11)19-13-6-4-3-5-12(13)18-2/h3-6,10-11,14-17H,7-9H2,1-2H3/t10-,11?,14?/m1/s1. The number of benzene rings is 1. The van der Waals surface area contributed by atoms with Gasteiger partial charge in [-0.2, -0.15) is 0 Å². The second-order valence-corrected chi connectivity index (χ2v) is 4.74. The van der Waals surface area contributed by atoms with Crippen LogP contribution in [0.15, 0.2) is 24.3 Å². The normalized spacial score (nSPS) is 22.6. The zero-order valence-corrected chi connectivity index (χ0v) is 11.4. The number of para-hydroxylation sites is 2. The van der Waals surface area contributed by atoms with Gasteiger partial charge in [-0.1, -0.05) is 12.1 Å². The summed E-state index contributed by atoms with van der Waals surface area (Å²) in [5, 5.41) is 16.6. The first-order valence-corrected chi connectivity index (χ1v) is 6.64. The van der Waals surface area contributed by atoms with Gasteiger partial charge in [-0.3, -0.25) is 0 Å². The number of methoxy groups -OCH3 is 1. The van der Waals surface area contributed by atoms with E-state index in [2.05, 4.69) is 10.6 Å². The van der Waals surface area contributed by atoms with Crippen molar-refractivity contribution < 1.29 is 14.6 Å². The lowest BCUT2D eigenvalue weighted by Gasteiger charge is -2.34. The molecule has 0 amide bonds. The van der Waals surface area contributed by atoms with E-state index >= 15 is 0 Å². The first-order chi connectivity index (χ1) is 9.22. The number of ether oxygens (including phenoxy) is 2. The Hall–Kier alpha value is -1.30. The van der Waals surface area contributed by atoms with Crippen molar-refractivity contribution in [1.82, 2.24) is 10.6 Å². The smallest absolute Gasteiger partial charge is 0.161 e. The molecule has 0 aliphatic carbocycles. The van der Waals surface area contributed by atoms with E-state index in [1.165, 1.54) is 0 Å². The molecule has 1 saturated heterocycles. The molecule has 0 aromatic heterocycles. The lowest BCUT2D eigenvalue weighted by molar-refractivity contribution is 0.0195. The number of nitrogens with one attached hydrogen (secondary N) is 2. The topological polar surface area (TPSA) is 62.8 Å². The van der Waals surface area contributed by atoms with Gasteiger partial charge in [0.1, 0.15) is 6.10 Å². The molecule has 5 heteroatoms. The van der Waals surface area contributed by atoms with Crippen LogP contribution in [0.3, 0.4) is 0 Å². The Morgan fingerprint density at radius 2 is 2.00 bits per heavy atom. The molecule has 19 heavy (non-hydrogen) atoms. The van der Waals surface area contributed by atoms with E-state index in [0.29, 0.717) is 11.5 Å². The van der Waals surface area contributed by atoms with E-state index in [1.54, 1.807) is 14.0 Å². The van der Waals surface area contributed by atoms with Gasteiger partial charge in [0.05, 0.1) is 19.3 Å². The van der Waals surface area contributed by atoms with Crippen molar-refractivity contribution in [3.05, 3.63) is 24.3 Å². The summed E-state index contributed by atoms with van der Waals surface area (Å²) in [6.45, 7) is 4.35. The molecule has 2 rings (SSSR count). The maximum Gasteiger partial charge on any atom is 0.161 e. The van der Waals surface area contributed by atoms with Crippen LogP contribution in [0.4, 0.5) is 0 Å². The van der Waals surface area contributed by atoms with Crippen molar-refractivity contribution in [2.45, 2.75) is 25.2 Å². The predicted molar refractivity (Wildman–Crippen MR) is 73.8 cm³/mol. The summed E-state index contributed by atoms with van der Waals surface area (Å²) in [5.74, 6) is 1.33. The van der Waals surface area contributed by atoms with Crippen molar-refractivity contribution in [3.8, 4) is 11.5 Å². The van der Waals surface area contributed by atoms with Gasteiger partial charge in [-0.25, -0.2) is 0 Å². The molecule has 0 spiro atoms. The summed E-state index contributed by atoms with van der Waals surface area (Å²) >= 11 is 0. The van der Waals surface area contributed by atoms with Crippen molar-refractivity contribution in [2.75, 3.05) is 26.7 Å². The molecular weight excluding hydrogens is 244 g/mol. The minimum atomic E-state index is -0.567. The van der Waals surface area contributed by atoms with Crippen molar-refractivity contribution in [2.24, 2.45) is 0 Å². The summed E-state index contributed by atoms with van der Waals surface area (Å²) in [7, 11) is 1.61. The molecule has 0 saturated carbocycles. The van der Waals surface area contributed by atoms with E-state index in [1.807, 2.05) is 24.3 Å². The van der Waals surface area contributed by atoms with Crippen LogP contribution in [0, 0.1) is 0 Å². The summed E-state index contributed by atoms with van der Waals surface area (Å²) < 4.78 is 11.2. The molecule has 1 fully saturated rings. The average Bonchev–Trinajstić information content (AvgIpc) is 2.45. The molecule has 1 aliphatic rings. The highest BCUT2D eigenvalue weighted by Crippen LogP contribution is 2.28. The molecule has 5 nitrogen and oxygen atoms in total. The number of piperazine rings is 1. The average molecular weight is 266 g/mol. The second-order valence-electron chi connectivity index (χ2n) is 4.74. The maximum absolute atomic E-state index is 9.96. The lowest BCUT2D eigenvalue weighted by atomic mass is 10.0. The van der Waals surface area contributed by atoms with Gasteiger partial charge in [0.25, 0.3) is 0 Å². The van der Waals surface area contributed by atoms with Crippen LogP contribution in [0.5, 0.6) is 11.5 Å². The van der Waals surface area contributed by atoms with Crippen LogP contribution in [0.1, 0.15) is 6.92 Å². The van der Waals surface area contributed by atoms with E-state index in [-0.39, 0.29) is 12.1 Å². The highest BCUT2D eigenvalue weighted by Gasteiger charge is 2.29. The van der Waals surface area contributed by atoms with Gasteiger partial charge in [0.2, 0.25) is 0 Å². The lowest BCUT2D eigenvalue weighted by Crippen LogP contribution is -2.58. The Bertz CT molecular complexity index is 392. The van der Waals surface area contributed by atoms with Crippen LogP contribution >= 0.6 is 0 Å². The molecule has 2 unspecified atom stereocenters. The Kier molecular flexibility index (Phi) is 5.01. The number of hydrogen-bond donors (Lipinski definition) is 3. The molecule has 1 aliphatic heterocycles. The molecular formula is C14H22N2O3. The maximum atomic E-state index is 9.96. The SMILES string of the molecule is COc1ccccc1OC(C1CNCCN1)[C@@H](C)O. The summed E-state index contributed by atoms with van der Waals surface area (Å²) in [5.41, 5.74) is 0. The third kappa shape index (κ3) is 3.59. The Labute approximate surface area is 113 Å². The number of rotatable bonds is 5. The van der Waals surface area contributed by atoms with Gasteiger partial charge in [-0.05, 0) is 19.1 Å². The molecule has 3 N–H and O–H groups in total. The Morgan fingerprint density at radius 3 is 2.58 bits per heavy atom. The van der Waals surface area contributed by atoms with Crippen LogP contribution in [-0.4, -0.2) is 50.1 Å². The summed E-state index contributed by atoms with van der Waals surface area (Å²) in [6, 6.07) is 7.57. The van der Waals surface area contributed by atoms with E-state index in [4.69, 9.17) is 9.47 Å². The van der Waals surface area contributed by atoms with Gasteiger partial charge >= 0.3 is 0 Å². The molecule has 0 radical (unpaired) electrons. The Balaban J connectivity index is 2.11. The quantitative estimate of drug-likeness (QED) is 0.719. The Morgan fingerprint density at radius 1 is 1.26 bits per heavy atom. The third-order valence-electron chi connectivity index (χ3n) is 3.28. The van der Waals surface area contributed by atoms with Crippen LogP contribution in [0.2, 0.25) is 0 Å². The van der Waals surface area contributed by atoms with Crippen LogP contribution in [0.25, 0.3) is 0 Å². The largest absolute Gasteiger partial charge is 0.493 e. The van der Waals surface area contributed by atoms with Crippen LogP contribution < -0.4 is 20.1 Å². The van der Waals surface area contributed by atoms with Crippen molar-refractivity contribution in [1.29, 1.82) is 0 Å². The first-order valence-electron chi connectivity index (χ1n) is 6.64. The van der Waals surface area contributed by atoms with Gasteiger partial charge < -0.3 is 25.2 Å². The summed E-state index contributed by atoms with van der Waals surface area (Å²) in [4.78, 5) is 0. The minimum absolute atomic E-state index is 0.0821. The number of hydrogen-bond acceptors (Lipinski definition) is 5. The highest BCUT2D eigenvalue weighted by atomic mass is 16.5. The van der Waals surface area contributed by atoms with Gasteiger partial charge in [-0.15, -0.1) is 0 Å². The van der Waals surface area contributed by atoms with Gasteiger partial charge in [0.15, 0.2) is 11.5 Å². The molecule has 1 heterocycles. The monoisotopic (exact) mass is 266 g/mol. The zero-order chi connectivity index (χ0) is 13.7. The highest BCUT2D eigenvalue weighted by molar-refractivity contribution is 5.39.